The first-order valence-electron chi connectivity index (χ1n) is 6.66. The Balaban J connectivity index is 2.07. The molecule has 6 heteroatoms. The van der Waals surface area contributed by atoms with Crippen molar-refractivity contribution in [1.29, 1.82) is 5.26 Å². The van der Waals surface area contributed by atoms with Crippen LogP contribution in [0.2, 0.25) is 0 Å². The molecule has 102 valence electrons. The summed E-state index contributed by atoms with van der Waals surface area (Å²) in [5, 5.41) is 11.6. The molecule has 0 aromatic carbocycles. The van der Waals surface area contributed by atoms with Gasteiger partial charge >= 0.3 is 0 Å². The number of hydrogen-bond donors (Lipinski definition) is 1. The second-order valence-corrected chi connectivity index (χ2v) is 4.59. The summed E-state index contributed by atoms with van der Waals surface area (Å²) in [6.45, 7) is 9.55. The van der Waals surface area contributed by atoms with Crippen molar-refractivity contribution in [2.75, 3.05) is 49.5 Å². The highest BCUT2D eigenvalue weighted by Gasteiger charge is 2.17. The van der Waals surface area contributed by atoms with Crippen molar-refractivity contribution in [3.8, 4) is 6.07 Å². The summed E-state index contributed by atoms with van der Waals surface area (Å²) in [4.78, 5) is 13.5. The molecule has 1 aliphatic rings. The molecule has 1 aromatic heterocycles. The van der Waals surface area contributed by atoms with Gasteiger partial charge in [0.15, 0.2) is 0 Å². The van der Waals surface area contributed by atoms with E-state index in [4.69, 9.17) is 5.26 Å². The molecule has 2 heterocycles. The van der Waals surface area contributed by atoms with Gasteiger partial charge in [0.2, 0.25) is 0 Å². The molecular weight excluding hydrogens is 240 g/mol. The average molecular weight is 260 g/mol. The van der Waals surface area contributed by atoms with Crippen molar-refractivity contribution in [1.82, 2.24) is 14.9 Å². The van der Waals surface area contributed by atoms with Gasteiger partial charge in [0, 0.05) is 32.2 Å². The van der Waals surface area contributed by atoms with Gasteiger partial charge in [-0.2, -0.15) is 5.26 Å². The molecule has 6 nitrogen and oxygen atoms in total. The number of nitriles is 1. The van der Waals surface area contributed by atoms with Crippen molar-refractivity contribution in [2.24, 2.45) is 0 Å². The molecule has 0 radical (unpaired) electrons. The topological polar surface area (TPSA) is 68.1 Å². The van der Waals surface area contributed by atoms with Crippen LogP contribution in [-0.2, 0) is 0 Å². The van der Waals surface area contributed by atoms with Gasteiger partial charge in [-0.25, -0.2) is 9.97 Å². The third-order valence-corrected chi connectivity index (χ3v) is 3.32. The van der Waals surface area contributed by atoms with E-state index in [1.165, 1.54) is 0 Å². The first-order chi connectivity index (χ1) is 9.22. The van der Waals surface area contributed by atoms with Crippen molar-refractivity contribution in [3.63, 3.8) is 0 Å². The van der Waals surface area contributed by atoms with Crippen LogP contribution in [0.5, 0.6) is 0 Å². The minimum Gasteiger partial charge on any atom is -0.357 e. The molecule has 19 heavy (non-hydrogen) atoms. The van der Waals surface area contributed by atoms with Gasteiger partial charge in [0.05, 0.1) is 6.07 Å². The van der Waals surface area contributed by atoms with E-state index in [1.807, 2.05) is 13.0 Å². The van der Waals surface area contributed by atoms with Gasteiger partial charge in [-0.3, -0.25) is 0 Å². The predicted octanol–water partition coefficient (Wildman–Crippen LogP) is 0.862. The quantitative estimate of drug-likeness (QED) is 0.810. The first-order valence-corrected chi connectivity index (χ1v) is 6.66. The minimum absolute atomic E-state index is 0.263. The molecule has 0 bridgehead atoms. The Hall–Kier alpha value is -1.87. The summed E-state index contributed by atoms with van der Waals surface area (Å²) in [7, 11) is 0. The molecule has 0 aliphatic carbocycles. The number of anilines is 2. The van der Waals surface area contributed by atoms with Crippen molar-refractivity contribution >= 4 is 11.6 Å². The fourth-order valence-corrected chi connectivity index (χ4v) is 2.23. The van der Waals surface area contributed by atoms with Crippen LogP contribution < -0.4 is 10.2 Å². The number of aryl methyl sites for hydroxylation is 1. The Kier molecular flexibility index (Phi) is 4.53. The highest BCUT2D eigenvalue weighted by atomic mass is 15.3. The summed E-state index contributed by atoms with van der Waals surface area (Å²) in [5.74, 6) is 2.40. The van der Waals surface area contributed by atoms with Crippen LogP contribution in [0.4, 0.5) is 11.6 Å². The lowest BCUT2D eigenvalue weighted by atomic mass is 10.3. The smallest absolute Gasteiger partial charge is 0.134 e. The molecule has 1 aliphatic heterocycles. The number of aromatic nitrogens is 2. The van der Waals surface area contributed by atoms with Gasteiger partial charge in [0.1, 0.15) is 24.0 Å². The number of hydrogen-bond acceptors (Lipinski definition) is 6. The maximum atomic E-state index is 8.60. The van der Waals surface area contributed by atoms with Crippen LogP contribution in [0.15, 0.2) is 6.07 Å². The highest BCUT2D eigenvalue weighted by Crippen LogP contribution is 2.17. The van der Waals surface area contributed by atoms with Crippen LogP contribution in [0.1, 0.15) is 12.7 Å². The summed E-state index contributed by atoms with van der Waals surface area (Å²) in [5.41, 5.74) is 0. The van der Waals surface area contributed by atoms with Crippen molar-refractivity contribution < 1.29 is 0 Å². The van der Waals surface area contributed by atoms with Crippen molar-refractivity contribution in [3.05, 3.63) is 11.9 Å². The standard InChI is InChI=1S/C13H20N6/c1-3-18-6-8-19(9-7-18)13-10-12(15-5-4-14)16-11(2)17-13/h10H,3,5-9H2,1-2H3,(H,15,16,17). The van der Waals surface area contributed by atoms with E-state index in [-0.39, 0.29) is 6.54 Å². The number of rotatable bonds is 4. The Morgan fingerprint density at radius 2 is 2.05 bits per heavy atom. The number of nitrogens with zero attached hydrogens (tertiary/aromatic N) is 5. The fraction of sp³-hybridized carbons (Fsp3) is 0.615. The molecule has 1 N–H and O–H groups in total. The SMILES string of the molecule is CCN1CCN(c2cc(NCC#N)nc(C)n2)CC1. The van der Waals surface area contributed by atoms with Crippen LogP contribution in [-0.4, -0.2) is 54.1 Å². The lowest BCUT2D eigenvalue weighted by molar-refractivity contribution is 0.270. The zero-order valence-corrected chi connectivity index (χ0v) is 11.6. The average Bonchev–Trinajstić information content (AvgIpc) is 2.44. The zero-order valence-electron chi connectivity index (χ0n) is 11.6. The van der Waals surface area contributed by atoms with Gasteiger partial charge in [-0.15, -0.1) is 0 Å². The second kappa shape index (κ2) is 6.34. The number of piperazine rings is 1. The van der Waals surface area contributed by atoms with E-state index < -0.39 is 0 Å². The number of likely N-dealkylation sites (N-methyl/N-ethyl adjacent to an activating group) is 1. The lowest BCUT2D eigenvalue weighted by Gasteiger charge is -2.34. The van der Waals surface area contributed by atoms with Gasteiger partial charge in [0.25, 0.3) is 0 Å². The minimum atomic E-state index is 0.263. The van der Waals surface area contributed by atoms with Crippen LogP contribution in [0.25, 0.3) is 0 Å². The van der Waals surface area contributed by atoms with Crippen LogP contribution in [0, 0.1) is 18.3 Å². The third kappa shape index (κ3) is 3.55. The summed E-state index contributed by atoms with van der Waals surface area (Å²) < 4.78 is 0. The van der Waals surface area contributed by atoms with E-state index in [2.05, 4.69) is 38.1 Å². The zero-order chi connectivity index (χ0) is 13.7. The van der Waals surface area contributed by atoms with Gasteiger partial charge < -0.3 is 15.1 Å². The van der Waals surface area contributed by atoms with Gasteiger partial charge in [-0.1, -0.05) is 6.92 Å². The van der Waals surface area contributed by atoms with Crippen LogP contribution >= 0.6 is 0 Å². The first kappa shape index (κ1) is 13.6. The fourth-order valence-electron chi connectivity index (χ4n) is 2.23. The molecule has 0 unspecified atom stereocenters. The molecule has 0 amide bonds. The summed E-state index contributed by atoms with van der Waals surface area (Å²) in [6.07, 6.45) is 0. The molecule has 0 saturated carbocycles. The Bertz CT molecular complexity index is 459. The van der Waals surface area contributed by atoms with E-state index in [0.717, 1.165) is 50.2 Å². The molecule has 2 rings (SSSR count). The Morgan fingerprint density at radius 3 is 2.68 bits per heavy atom. The predicted molar refractivity (Wildman–Crippen MR) is 75.2 cm³/mol. The molecule has 1 saturated heterocycles. The Labute approximate surface area is 114 Å². The largest absolute Gasteiger partial charge is 0.357 e. The molecule has 0 spiro atoms. The Morgan fingerprint density at radius 1 is 1.32 bits per heavy atom. The second-order valence-electron chi connectivity index (χ2n) is 4.59. The van der Waals surface area contributed by atoms with E-state index >= 15 is 0 Å². The highest BCUT2D eigenvalue weighted by molar-refractivity contribution is 5.50. The summed E-state index contributed by atoms with van der Waals surface area (Å²) in [6, 6.07) is 3.98. The van der Waals surface area contributed by atoms with E-state index in [1.54, 1.807) is 0 Å². The van der Waals surface area contributed by atoms with E-state index in [0.29, 0.717) is 0 Å². The van der Waals surface area contributed by atoms with Gasteiger partial charge in [-0.05, 0) is 13.5 Å². The monoisotopic (exact) mass is 260 g/mol. The maximum Gasteiger partial charge on any atom is 0.134 e. The molecule has 1 fully saturated rings. The number of nitrogens with one attached hydrogen (secondary N) is 1. The molecule has 0 atom stereocenters. The lowest BCUT2D eigenvalue weighted by Crippen LogP contribution is -2.46. The maximum absolute atomic E-state index is 8.60. The summed E-state index contributed by atoms with van der Waals surface area (Å²) >= 11 is 0. The van der Waals surface area contributed by atoms with Crippen molar-refractivity contribution in [2.45, 2.75) is 13.8 Å². The third-order valence-electron chi connectivity index (χ3n) is 3.32. The van der Waals surface area contributed by atoms with Crippen LogP contribution in [0.3, 0.4) is 0 Å². The normalized spacial score (nSPS) is 16.2. The van der Waals surface area contributed by atoms with E-state index in [9.17, 15) is 0 Å². The molecule has 1 aromatic rings. The molecular formula is C13H20N6.